The molecule has 1 saturated heterocycles. The van der Waals surface area contributed by atoms with Gasteiger partial charge in [-0.1, -0.05) is 41.6 Å². The highest BCUT2D eigenvalue weighted by molar-refractivity contribution is 5.93. The molecule has 0 bridgehead atoms. The van der Waals surface area contributed by atoms with Gasteiger partial charge in [-0.15, -0.1) is 0 Å². The molecular weight excluding hydrogens is 366 g/mol. The number of methoxy groups -OCH3 is 1. The van der Waals surface area contributed by atoms with Gasteiger partial charge in [-0.3, -0.25) is 9.69 Å². The topological polar surface area (TPSA) is 58.8 Å². The Morgan fingerprint density at radius 2 is 2.00 bits per heavy atom. The van der Waals surface area contributed by atoms with Crippen molar-refractivity contribution in [2.75, 3.05) is 33.3 Å². The van der Waals surface area contributed by atoms with Crippen molar-refractivity contribution >= 4 is 5.91 Å². The van der Waals surface area contributed by atoms with Crippen molar-refractivity contribution in [3.63, 3.8) is 0 Å². The number of carbonyl (C=O) groups excluding carboxylic acids is 1. The van der Waals surface area contributed by atoms with Crippen LogP contribution in [0.5, 0.6) is 5.75 Å². The number of ether oxygens (including phenoxy) is 1. The molecule has 6 heteroatoms. The van der Waals surface area contributed by atoms with E-state index in [2.05, 4.69) is 34.3 Å². The van der Waals surface area contributed by atoms with Crippen molar-refractivity contribution in [1.29, 1.82) is 0 Å². The lowest BCUT2D eigenvalue weighted by Crippen LogP contribution is -2.52. The Labute approximate surface area is 169 Å². The van der Waals surface area contributed by atoms with Crippen LogP contribution in [0.3, 0.4) is 0 Å². The standard InChI is InChI=1S/C23H23N3O3/c1-28-18-7-4-6-17(13-18)22-14-20(24-29-22)23(27)26-12-11-25-10-9-16-5-2-3-8-19(16)21(25)15-26/h2-8,13-14,21H,9-12,15H2,1H3. The SMILES string of the molecule is COc1cccc(-c2cc(C(=O)N3CCN4CCc5ccccc5C4C3)no2)c1. The highest BCUT2D eigenvalue weighted by Gasteiger charge is 2.35. The maximum atomic E-state index is 13.1. The first-order chi connectivity index (χ1) is 14.2. The van der Waals surface area contributed by atoms with Gasteiger partial charge in [-0.05, 0) is 29.7 Å². The molecule has 2 aliphatic rings. The molecule has 1 unspecified atom stereocenters. The zero-order chi connectivity index (χ0) is 19.8. The first-order valence-corrected chi connectivity index (χ1v) is 9.95. The smallest absolute Gasteiger partial charge is 0.276 e. The van der Waals surface area contributed by atoms with E-state index in [0.717, 1.165) is 30.8 Å². The molecule has 1 amide bonds. The molecule has 0 aliphatic carbocycles. The molecule has 3 heterocycles. The number of hydrogen-bond donors (Lipinski definition) is 0. The Morgan fingerprint density at radius 1 is 1.10 bits per heavy atom. The maximum Gasteiger partial charge on any atom is 0.276 e. The van der Waals surface area contributed by atoms with Gasteiger partial charge >= 0.3 is 0 Å². The minimum atomic E-state index is -0.0781. The fraction of sp³-hybridized carbons (Fsp3) is 0.304. The summed E-state index contributed by atoms with van der Waals surface area (Å²) in [6.45, 7) is 3.31. The lowest BCUT2D eigenvalue weighted by atomic mass is 9.91. The second kappa shape index (κ2) is 7.37. The predicted octanol–water partition coefficient (Wildman–Crippen LogP) is 3.41. The highest BCUT2D eigenvalue weighted by Crippen LogP contribution is 2.33. The number of fused-ring (bicyclic) bond motifs is 3. The molecule has 1 fully saturated rings. The molecule has 148 valence electrons. The van der Waals surface area contributed by atoms with Gasteiger partial charge in [0.25, 0.3) is 5.91 Å². The largest absolute Gasteiger partial charge is 0.497 e. The van der Waals surface area contributed by atoms with E-state index in [1.54, 1.807) is 13.2 Å². The van der Waals surface area contributed by atoms with Crippen molar-refractivity contribution in [2.24, 2.45) is 0 Å². The van der Waals surface area contributed by atoms with E-state index < -0.39 is 0 Å². The molecular formula is C23H23N3O3. The molecule has 0 spiro atoms. The van der Waals surface area contributed by atoms with Crippen LogP contribution in [0.15, 0.2) is 59.1 Å². The molecule has 2 aromatic carbocycles. The molecule has 0 N–H and O–H groups in total. The van der Waals surface area contributed by atoms with Crippen LogP contribution in [0.1, 0.15) is 27.7 Å². The van der Waals surface area contributed by atoms with Crippen LogP contribution in [0.2, 0.25) is 0 Å². The van der Waals surface area contributed by atoms with Crippen molar-refractivity contribution < 1.29 is 14.1 Å². The second-order valence-corrected chi connectivity index (χ2v) is 7.56. The summed E-state index contributed by atoms with van der Waals surface area (Å²) in [4.78, 5) is 17.5. The van der Waals surface area contributed by atoms with Crippen LogP contribution in [-0.2, 0) is 6.42 Å². The summed E-state index contributed by atoms with van der Waals surface area (Å²) in [5, 5.41) is 4.05. The van der Waals surface area contributed by atoms with Crippen molar-refractivity contribution in [3.8, 4) is 17.1 Å². The van der Waals surface area contributed by atoms with Crippen LogP contribution in [0, 0.1) is 0 Å². The van der Waals surface area contributed by atoms with E-state index in [1.807, 2.05) is 29.2 Å². The summed E-state index contributed by atoms with van der Waals surface area (Å²) < 4.78 is 10.7. The zero-order valence-electron chi connectivity index (χ0n) is 16.4. The van der Waals surface area contributed by atoms with Gasteiger partial charge in [0, 0.05) is 37.8 Å². The van der Waals surface area contributed by atoms with Crippen LogP contribution in [-0.4, -0.2) is 54.2 Å². The quantitative estimate of drug-likeness (QED) is 0.687. The van der Waals surface area contributed by atoms with Gasteiger partial charge in [0.05, 0.1) is 13.2 Å². The molecule has 5 rings (SSSR count). The van der Waals surface area contributed by atoms with E-state index in [9.17, 15) is 4.79 Å². The predicted molar refractivity (Wildman–Crippen MR) is 109 cm³/mol. The van der Waals surface area contributed by atoms with E-state index >= 15 is 0 Å². The Bertz CT molecular complexity index is 1050. The van der Waals surface area contributed by atoms with E-state index in [0.29, 0.717) is 24.5 Å². The lowest BCUT2D eigenvalue weighted by molar-refractivity contribution is 0.0445. The molecule has 29 heavy (non-hydrogen) atoms. The van der Waals surface area contributed by atoms with Crippen LogP contribution >= 0.6 is 0 Å². The van der Waals surface area contributed by atoms with Crippen LogP contribution < -0.4 is 4.74 Å². The summed E-state index contributed by atoms with van der Waals surface area (Å²) in [5.74, 6) is 1.22. The first kappa shape index (κ1) is 17.9. The number of hydrogen-bond acceptors (Lipinski definition) is 5. The summed E-state index contributed by atoms with van der Waals surface area (Å²) in [5.41, 5.74) is 3.92. The minimum Gasteiger partial charge on any atom is -0.497 e. The third-order valence-electron chi connectivity index (χ3n) is 5.94. The Kier molecular flexibility index (Phi) is 4.56. The summed E-state index contributed by atoms with van der Waals surface area (Å²) in [6.07, 6.45) is 1.08. The first-order valence-electron chi connectivity index (χ1n) is 9.95. The summed E-state index contributed by atoms with van der Waals surface area (Å²) in [7, 11) is 1.62. The van der Waals surface area contributed by atoms with Gasteiger partial charge in [0.15, 0.2) is 11.5 Å². The molecule has 3 aromatic rings. The summed E-state index contributed by atoms with van der Waals surface area (Å²) in [6, 6.07) is 18.1. The van der Waals surface area contributed by atoms with E-state index in [1.165, 1.54) is 11.1 Å². The number of benzene rings is 2. The molecule has 2 aliphatic heterocycles. The zero-order valence-corrected chi connectivity index (χ0v) is 16.4. The van der Waals surface area contributed by atoms with Gasteiger partial charge in [-0.25, -0.2) is 0 Å². The number of carbonyl (C=O) groups is 1. The molecule has 0 saturated carbocycles. The minimum absolute atomic E-state index is 0.0781. The van der Waals surface area contributed by atoms with Crippen molar-refractivity contribution in [1.82, 2.24) is 15.0 Å². The molecule has 0 radical (unpaired) electrons. The Morgan fingerprint density at radius 3 is 2.90 bits per heavy atom. The Hall–Kier alpha value is -3.12. The number of aromatic nitrogens is 1. The fourth-order valence-corrected chi connectivity index (χ4v) is 4.37. The van der Waals surface area contributed by atoms with E-state index in [4.69, 9.17) is 9.26 Å². The van der Waals surface area contributed by atoms with Crippen molar-refractivity contribution in [2.45, 2.75) is 12.5 Å². The number of amides is 1. The van der Waals surface area contributed by atoms with Crippen molar-refractivity contribution in [3.05, 3.63) is 71.4 Å². The number of piperazine rings is 1. The van der Waals surface area contributed by atoms with Crippen LogP contribution in [0.25, 0.3) is 11.3 Å². The fourth-order valence-electron chi connectivity index (χ4n) is 4.37. The Balaban J connectivity index is 1.36. The maximum absolute atomic E-state index is 13.1. The second-order valence-electron chi connectivity index (χ2n) is 7.56. The monoisotopic (exact) mass is 389 g/mol. The normalized spacial score (nSPS) is 18.8. The van der Waals surface area contributed by atoms with Crippen LogP contribution in [0.4, 0.5) is 0 Å². The summed E-state index contributed by atoms with van der Waals surface area (Å²) >= 11 is 0. The average molecular weight is 389 g/mol. The third kappa shape index (κ3) is 3.29. The number of rotatable bonds is 3. The molecule has 1 aromatic heterocycles. The van der Waals surface area contributed by atoms with Gasteiger partial charge in [-0.2, -0.15) is 0 Å². The van der Waals surface area contributed by atoms with Gasteiger partial charge in [0.1, 0.15) is 5.75 Å². The van der Waals surface area contributed by atoms with Gasteiger partial charge < -0.3 is 14.2 Å². The lowest BCUT2D eigenvalue weighted by Gasteiger charge is -2.44. The van der Waals surface area contributed by atoms with Gasteiger partial charge in [0.2, 0.25) is 0 Å². The molecule has 6 nitrogen and oxygen atoms in total. The molecule has 1 atom stereocenters. The number of nitrogens with zero attached hydrogens (tertiary/aromatic N) is 3. The third-order valence-corrected chi connectivity index (χ3v) is 5.94. The average Bonchev–Trinajstić information content (AvgIpc) is 3.28. The highest BCUT2D eigenvalue weighted by atomic mass is 16.5. The van der Waals surface area contributed by atoms with E-state index in [-0.39, 0.29) is 11.9 Å².